The average molecular weight is 304 g/mol. The number of carbonyl (C=O) groups excluding carboxylic acids is 3. The van der Waals surface area contributed by atoms with Gasteiger partial charge in [0.2, 0.25) is 5.91 Å². The van der Waals surface area contributed by atoms with Crippen LogP contribution < -0.4 is 16.4 Å². The molecule has 0 spiro atoms. The summed E-state index contributed by atoms with van der Waals surface area (Å²) >= 11 is 11.5. The lowest BCUT2D eigenvalue weighted by Crippen LogP contribution is -2.35. The van der Waals surface area contributed by atoms with Crippen LogP contribution >= 0.6 is 23.2 Å². The fraction of sp³-hybridized carbons (Fsp3) is 0.182. The van der Waals surface area contributed by atoms with E-state index in [0.29, 0.717) is 0 Å². The Hall–Kier alpha value is -1.79. The second-order valence-electron chi connectivity index (χ2n) is 3.62. The Morgan fingerprint density at radius 2 is 1.95 bits per heavy atom. The molecular weight excluding hydrogens is 293 g/mol. The number of nitrogens with two attached hydrogens (primary N) is 1. The third-order valence-corrected chi connectivity index (χ3v) is 2.61. The van der Waals surface area contributed by atoms with Crippen molar-refractivity contribution in [2.75, 3.05) is 5.32 Å². The van der Waals surface area contributed by atoms with Gasteiger partial charge < -0.3 is 11.1 Å². The monoisotopic (exact) mass is 303 g/mol. The summed E-state index contributed by atoms with van der Waals surface area (Å²) in [7, 11) is 0. The van der Waals surface area contributed by atoms with Gasteiger partial charge in [-0.2, -0.15) is 0 Å². The molecule has 0 radical (unpaired) electrons. The number of imide groups is 1. The number of amides is 4. The van der Waals surface area contributed by atoms with Gasteiger partial charge in [-0.15, -0.1) is 11.6 Å². The lowest BCUT2D eigenvalue weighted by atomic mass is 10.2. The molecule has 1 atom stereocenters. The highest BCUT2D eigenvalue weighted by Gasteiger charge is 2.14. The first-order valence-corrected chi connectivity index (χ1v) is 5.98. The van der Waals surface area contributed by atoms with E-state index in [0.717, 1.165) is 0 Å². The van der Waals surface area contributed by atoms with E-state index in [2.05, 4.69) is 5.32 Å². The van der Waals surface area contributed by atoms with Gasteiger partial charge in [0.15, 0.2) is 0 Å². The van der Waals surface area contributed by atoms with Crippen LogP contribution in [-0.2, 0) is 4.79 Å². The highest BCUT2D eigenvalue weighted by atomic mass is 35.5. The minimum Gasteiger partial charge on any atom is -0.351 e. The summed E-state index contributed by atoms with van der Waals surface area (Å²) in [6.07, 6.45) is 0. The van der Waals surface area contributed by atoms with E-state index < -0.39 is 23.2 Å². The minimum atomic E-state index is -0.972. The molecule has 102 valence electrons. The van der Waals surface area contributed by atoms with Gasteiger partial charge in [0.1, 0.15) is 5.38 Å². The van der Waals surface area contributed by atoms with Gasteiger partial charge in [0, 0.05) is 5.56 Å². The summed E-state index contributed by atoms with van der Waals surface area (Å²) in [4.78, 5) is 33.6. The molecule has 1 aromatic carbocycles. The van der Waals surface area contributed by atoms with Gasteiger partial charge in [-0.3, -0.25) is 14.9 Å². The zero-order chi connectivity index (χ0) is 14.6. The number of halogens is 2. The van der Waals surface area contributed by atoms with Crippen molar-refractivity contribution in [2.45, 2.75) is 12.3 Å². The molecule has 4 amide bonds. The van der Waals surface area contributed by atoms with Crippen molar-refractivity contribution in [2.24, 2.45) is 5.73 Å². The van der Waals surface area contributed by atoms with Gasteiger partial charge in [-0.05, 0) is 25.1 Å². The van der Waals surface area contributed by atoms with Crippen LogP contribution in [0.2, 0.25) is 5.02 Å². The molecular formula is C11H11Cl2N3O3. The number of anilines is 1. The van der Waals surface area contributed by atoms with E-state index in [1.807, 2.05) is 5.32 Å². The Morgan fingerprint density at radius 1 is 1.32 bits per heavy atom. The van der Waals surface area contributed by atoms with Crippen LogP contribution in [0.25, 0.3) is 0 Å². The highest BCUT2D eigenvalue weighted by Crippen LogP contribution is 2.23. The summed E-state index contributed by atoms with van der Waals surface area (Å²) in [6, 6.07) is 3.14. The molecule has 0 aliphatic heterocycles. The third kappa shape index (κ3) is 4.42. The van der Waals surface area contributed by atoms with Gasteiger partial charge in [-0.25, -0.2) is 4.79 Å². The first-order valence-electron chi connectivity index (χ1n) is 5.16. The molecule has 1 rings (SSSR count). The number of urea groups is 1. The third-order valence-electron chi connectivity index (χ3n) is 2.08. The van der Waals surface area contributed by atoms with E-state index in [1.165, 1.54) is 25.1 Å². The summed E-state index contributed by atoms with van der Waals surface area (Å²) in [5, 5.41) is 3.85. The molecule has 19 heavy (non-hydrogen) atoms. The predicted molar refractivity (Wildman–Crippen MR) is 72.4 cm³/mol. The predicted octanol–water partition coefficient (Wildman–Crippen LogP) is 1.71. The van der Waals surface area contributed by atoms with Crippen molar-refractivity contribution < 1.29 is 14.4 Å². The number of nitrogens with one attached hydrogen (secondary N) is 2. The molecule has 1 aromatic rings. The maximum absolute atomic E-state index is 11.5. The molecule has 0 aliphatic rings. The maximum Gasteiger partial charge on any atom is 0.319 e. The van der Waals surface area contributed by atoms with Crippen molar-refractivity contribution in [3.63, 3.8) is 0 Å². The Bertz CT molecular complexity index is 532. The smallest absolute Gasteiger partial charge is 0.319 e. The van der Waals surface area contributed by atoms with Crippen molar-refractivity contribution in [1.82, 2.24) is 5.32 Å². The fourth-order valence-electron chi connectivity index (χ4n) is 1.18. The first kappa shape index (κ1) is 15.3. The van der Waals surface area contributed by atoms with Crippen LogP contribution in [0.3, 0.4) is 0 Å². The largest absolute Gasteiger partial charge is 0.351 e. The van der Waals surface area contributed by atoms with Crippen molar-refractivity contribution in [3.8, 4) is 0 Å². The molecule has 8 heteroatoms. The van der Waals surface area contributed by atoms with Gasteiger partial charge in [0.25, 0.3) is 5.91 Å². The second kappa shape index (κ2) is 6.40. The van der Waals surface area contributed by atoms with Crippen LogP contribution in [0.15, 0.2) is 18.2 Å². The van der Waals surface area contributed by atoms with Crippen LogP contribution in [0, 0.1) is 0 Å². The van der Waals surface area contributed by atoms with Gasteiger partial charge >= 0.3 is 6.03 Å². The molecule has 6 nitrogen and oxygen atoms in total. The summed E-state index contributed by atoms with van der Waals surface area (Å²) in [6.45, 7) is 1.49. The maximum atomic E-state index is 11.5. The standard InChI is InChI=1S/C11H11Cl2N3O3/c1-5(12)9(17)15-8-4-6(2-3-7(8)13)10(18)16-11(14)19/h2-5H,1H3,(H,15,17)(H3,14,16,18,19)/t5-/m0/s1. The molecule has 0 saturated carbocycles. The van der Waals surface area contributed by atoms with E-state index in [4.69, 9.17) is 28.9 Å². The normalized spacial score (nSPS) is 11.5. The average Bonchev–Trinajstić information content (AvgIpc) is 2.30. The zero-order valence-electron chi connectivity index (χ0n) is 9.87. The van der Waals surface area contributed by atoms with Crippen LogP contribution in [0.1, 0.15) is 17.3 Å². The molecule has 0 aliphatic carbocycles. The molecule has 4 N–H and O–H groups in total. The molecule has 0 bridgehead atoms. The van der Waals surface area contributed by atoms with E-state index in [-0.39, 0.29) is 16.3 Å². The van der Waals surface area contributed by atoms with Crippen LogP contribution in [0.5, 0.6) is 0 Å². The number of rotatable bonds is 3. The number of alkyl halides is 1. The Morgan fingerprint density at radius 3 is 2.47 bits per heavy atom. The lowest BCUT2D eigenvalue weighted by Gasteiger charge is -2.10. The highest BCUT2D eigenvalue weighted by molar-refractivity contribution is 6.35. The van der Waals surface area contributed by atoms with E-state index in [9.17, 15) is 14.4 Å². The van der Waals surface area contributed by atoms with Gasteiger partial charge in [-0.1, -0.05) is 11.6 Å². The summed E-state index contributed by atoms with van der Waals surface area (Å²) in [5.41, 5.74) is 5.18. The number of primary amides is 1. The minimum absolute atomic E-state index is 0.126. The van der Waals surface area contributed by atoms with Crippen LogP contribution in [0.4, 0.5) is 10.5 Å². The molecule has 0 heterocycles. The lowest BCUT2D eigenvalue weighted by molar-refractivity contribution is -0.115. The zero-order valence-corrected chi connectivity index (χ0v) is 11.4. The molecule has 0 aromatic heterocycles. The SMILES string of the molecule is C[C@H](Cl)C(=O)Nc1cc(C(=O)NC(N)=O)ccc1Cl. The summed E-state index contributed by atoms with van der Waals surface area (Å²) < 4.78 is 0. The Kier molecular flexibility index (Phi) is 5.14. The van der Waals surface area contributed by atoms with Gasteiger partial charge in [0.05, 0.1) is 10.7 Å². The molecule has 0 fully saturated rings. The van der Waals surface area contributed by atoms with E-state index in [1.54, 1.807) is 0 Å². The van der Waals surface area contributed by atoms with Crippen LogP contribution in [-0.4, -0.2) is 23.2 Å². The van der Waals surface area contributed by atoms with Crippen molar-refractivity contribution in [1.29, 1.82) is 0 Å². The number of hydrogen-bond donors (Lipinski definition) is 3. The van der Waals surface area contributed by atoms with E-state index >= 15 is 0 Å². The number of hydrogen-bond acceptors (Lipinski definition) is 3. The number of benzene rings is 1. The topological polar surface area (TPSA) is 101 Å². The van der Waals surface area contributed by atoms with Crippen molar-refractivity contribution in [3.05, 3.63) is 28.8 Å². The summed E-state index contributed by atoms with van der Waals surface area (Å²) in [5.74, 6) is -1.16. The van der Waals surface area contributed by atoms with Crippen molar-refractivity contribution >= 4 is 46.7 Å². The molecule has 0 saturated heterocycles. The first-order chi connectivity index (χ1) is 8.81. The quantitative estimate of drug-likeness (QED) is 0.741. The Labute approximate surface area is 119 Å². The Balaban J connectivity index is 2.97. The second-order valence-corrected chi connectivity index (χ2v) is 4.68. The fourth-order valence-corrected chi connectivity index (χ4v) is 1.40. The number of carbonyl (C=O) groups is 3. The molecule has 0 unspecified atom stereocenters.